The van der Waals surface area contributed by atoms with E-state index in [1.807, 2.05) is 19.1 Å². The Labute approximate surface area is 178 Å². The Bertz CT molecular complexity index is 1070. The van der Waals surface area contributed by atoms with Crippen molar-refractivity contribution in [1.82, 2.24) is 14.9 Å². The molecular formula is C21H27N5O2S. The fourth-order valence-corrected chi connectivity index (χ4v) is 4.99. The molecule has 1 saturated carbocycles. The highest BCUT2D eigenvalue weighted by atomic mass is 32.1. The first-order chi connectivity index (χ1) is 15.0. The van der Waals surface area contributed by atoms with Crippen molar-refractivity contribution in [3.05, 3.63) is 29.7 Å². The van der Waals surface area contributed by atoms with E-state index in [1.54, 1.807) is 13.1 Å². The maximum absolute atomic E-state index is 12.8. The number of nitrogens with two attached hydrogens (primary N) is 1. The van der Waals surface area contributed by atoms with Crippen molar-refractivity contribution >= 4 is 28.4 Å². The lowest BCUT2D eigenvalue weighted by Gasteiger charge is -2.37. The van der Waals surface area contributed by atoms with Crippen molar-refractivity contribution in [1.29, 1.82) is 0 Å². The summed E-state index contributed by atoms with van der Waals surface area (Å²) in [6, 6.07) is 3.25. The van der Waals surface area contributed by atoms with Crippen molar-refractivity contribution in [2.75, 3.05) is 11.9 Å². The molecule has 7 nitrogen and oxygen atoms in total. The molecule has 0 aromatic carbocycles. The maximum atomic E-state index is 12.8. The summed E-state index contributed by atoms with van der Waals surface area (Å²) in [6.07, 6.45) is 4.94. The lowest BCUT2D eigenvalue weighted by Crippen LogP contribution is -2.55. The Morgan fingerprint density at radius 3 is 2.79 bits per heavy atom. The minimum Gasteiger partial charge on any atom is -0.368 e. The summed E-state index contributed by atoms with van der Waals surface area (Å²) in [5.74, 6) is -0.523. The third-order valence-electron chi connectivity index (χ3n) is 6.15. The Morgan fingerprint density at radius 1 is 1.34 bits per heavy atom. The van der Waals surface area contributed by atoms with Crippen LogP contribution in [0.2, 0.25) is 0 Å². The van der Waals surface area contributed by atoms with Gasteiger partial charge < -0.3 is 10.6 Å². The molecule has 4 rings (SSSR count). The number of rotatable bonds is 4. The first-order valence-electron chi connectivity index (χ1n) is 11.3. The number of aromatic nitrogens is 2. The minimum atomic E-state index is -2.11. The smallest absolute Gasteiger partial charge is 0.324 e. The van der Waals surface area contributed by atoms with E-state index in [9.17, 15) is 9.59 Å². The number of hydrogen-bond donors (Lipinski definition) is 2. The van der Waals surface area contributed by atoms with Gasteiger partial charge in [0.25, 0.3) is 0 Å². The van der Waals surface area contributed by atoms with Gasteiger partial charge in [0, 0.05) is 28.0 Å². The van der Waals surface area contributed by atoms with Gasteiger partial charge in [-0.3, -0.25) is 15.1 Å². The average molecular weight is 417 g/mol. The van der Waals surface area contributed by atoms with Gasteiger partial charge in [-0.25, -0.2) is 9.78 Å². The number of amides is 3. The van der Waals surface area contributed by atoms with Gasteiger partial charge in [0.1, 0.15) is 5.54 Å². The summed E-state index contributed by atoms with van der Waals surface area (Å²) >= 11 is 1.31. The molecule has 1 aliphatic carbocycles. The van der Waals surface area contributed by atoms with E-state index < -0.39 is 29.7 Å². The van der Waals surface area contributed by atoms with Crippen molar-refractivity contribution in [2.45, 2.75) is 63.8 Å². The fourth-order valence-electron chi connectivity index (χ4n) is 4.04. The lowest BCUT2D eigenvalue weighted by atomic mass is 9.68. The van der Waals surface area contributed by atoms with Crippen LogP contribution in [0, 0.1) is 6.92 Å². The van der Waals surface area contributed by atoms with Crippen LogP contribution in [0.15, 0.2) is 18.3 Å². The van der Waals surface area contributed by atoms with Crippen LogP contribution in [0.5, 0.6) is 0 Å². The molecule has 29 heavy (non-hydrogen) atoms. The zero-order valence-corrected chi connectivity index (χ0v) is 17.4. The molecule has 1 atom stereocenters. The van der Waals surface area contributed by atoms with Crippen molar-refractivity contribution < 1.29 is 13.7 Å². The first kappa shape index (κ1) is 16.3. The van der Waals surface area contributed by atoms with Gasteiger partial charge in [-0.2, -0.15) is 0 Å². The highest BCUT2D eigenvalue weighted by molar-refractivity contribution is 7.19. The number of aryl methyl sites for hydroxylation is 1. The molecule has 0 radical (unpaired) electrons. The number of anilines is 1. The van der Waals surface area contributed by atoms with E-state index in [0.29, 0.717) is 43.1 Å². The number of pyridine rings is 1. The molecule has 0 unspecified atom stereocenters. The molecule has 0 bridgehead atoms. The average Bonchev–Trinajstić information content (AvgIpc) is 3.23. The quantitative estimate of drug-likeness (QED) is 0.791. The molecule has 3 amide bonds. The van der Waals surface area contributed by atoms with Gasteiger partial charge in [0.15, 0.2) is 5.13 Å². The van der Waals surface area contributed by atoms with Gasteiger partial charge in [0.05, 0.1) is 10.6 Å². The van der Waals surface area contributed by atoms with Crippen LogP contribution in [-0.2, 0) is 10.2 Å². The molecule has 3 N–H and O–H groups in total. The third-order valence-corrected chi connectivity index (χ3v) is 7.27. The molecule has 2 aromatic heterocycles. The topological polar surface area (TPSA) is 101 Å². The standard InChI is InChI=1S/C21H27N5O2S/c1-13-16(14-6-10-23-15(12-14)20(2)7-4-8-20)29-18(24-13)25-19(28)26-11-5-9-21(26,3)17(22)27/h6,10,12H,4-5,7-9,11H2,1-3H3,(H2,22,27)(H,24,25,28)/t21-/m0/s1/i2D3. The molecule has 1 saturated heterocycles. The number of carbonyl (C=O) groups excluding carboxylic acids is 2. The molecule has 2 aromatic rings. The van der Waals surface area contributed by atoms with Crippen LogP contribution in [0.25, 0.3) is 10.4 Å². The van der Waals surface area contributed by atoms with Gasteiger partial charge >= 0.3 is 6.03 Å². The second kappa shape index (κ2) is 7.09. The van der Waals surface area contributed by atoms with E-state index in [0.717, 1.165) is 22.6 Å². The third kappa shape index (κ3) is 3.39. The number of likely N-dealkylation sites (tertiary alicyclic amines) is 1. The number of thiazole rings is 1. The van der Waals surface area contributed by atoms with Crippen LogP contribution in [0.4, 0.5) is 9.93 Å². The van der Waals surface area contributed by atoms with E-state index in [4.69, 9.17) is 9.85 Å². The molecular weight excluding hydrogens is 386 g/mol. The van der Waals surface area contributed by atoms with Crippen LogP contribution >= 0.6 is 11.3 Å². The lowest BCUT2D eigenvalue weighted by molar-refractivity contribution is -0.126. The molecule has 8 heteroatoms. The Kier molecular flexibility index (Phi) is 3.99. The summed E-state index contributed by atoms with van der Waals surface area (Å²) in [5, 5.41) is 3.21. The fraction of sp³-hybridized carbons (Fsp3) is 0.524. The zero-order valence-electron chi connectivity index (χ0n) is 19.6. The SMILES string of the molecule is [2H]C([2H])([2H])C1(c2cc(-c3sc(NC(=O)N4CCC[C@@]4(C)C(N)=O)nc3C)ccn2)CCC1. The second-order valence-corrected chi connectivity index (χ2v) is 9.12. The van der Waals surface area contributed by atoms with Crippen molar-refractivity contribution in [2.24, 2.45) is 5.73 Å². The predicted molar refractivity (Wildman–Crippen MR) is 114 cm³/mol. The van der Waals surface area contributed by atoms with Gasteiger partial charge in [-0.05, 0) is 57.2 Å². The predicted octanol–water partition coefficient (Wildman–Crippen LogP) is 3.83. The molecule has 3 heterocycles. The molecule has 154 valence electrons. The molecule has 0 spiro atoms. The number of nitrogens with zero attached hydrogens (tertiary/aromatic N) is 3. The van der Waals surface area contributed by atoms with Crippen LogP contribution in [0.1, 0.15) is 61.4 Å². The second-order valence-electron chi connectivity index (χ2n) is 8.12. The summed E-state index contributed by atoms with van der Waals surface area (Å²) in [6.45, 7) is 1.86. The van der Waals surface area contributed by atoms with Gasteiger partial charge in [-0.15, -0.1) is 0 Å². The maximum Gasteiger partial charge on any atom is 0.324 e. The first-order valence-corrected chi connectivity index (χ1v) is 10.6. The highest BCUT2D eigenvalue weighted by Gasteiger charge is 2.44. The number of primary amides is 1. The monoisotopic (exact) mass is 416 g/mol. The normalized spacial score (nSPS) is 24.9. The van der Waals surface area contributed by atoms with Crippen LogP contribution < -0.4 is 11.1 Å². The summed E-state index contributed by atoms with van der Waals surface area (Å²) in [7, 11) is 0. The number of carbonyl (C=O) groups is 2. The summed E-state index contributed by atoms with van der Waals surface area (Å²) < 4.78 is 24.0. The molecule has 2 aliphatic rings. The zero-order chi connectivity index (χ0) is 23.3. The summed E-state index contributed by atoms with van der Waals surface area (Å²) in [4.78, 5) is 35.9. The highest BCUT2D eigenvalue weighted by Crippen LogP contribution is 2.43. The van der Waals surface area contributed by atoms with Crippen molar-refractivity contribution in [3.8, 4) is 10.4 Å². The van der Waals surface area contributed by atoms with E-state index >= 15 is 0 Å². The van der Waals surface area contributed by atoms with E-state index in [1.165, 1.54) is 16.2 Å². The summed E-state index contributed by atoms with van der Waals surface area (Å²) in [5.41, 5.74) is 5.75. The Morgan fingerprint density at radius 2 is 2.14 bits per heavy atom. The Hall–Kier alpha value is -2.48. The number of hydrogen-bond acceptors (Lipinski definition) is 5. The van der Waals surface area contributed by atoms with E-state index in [-0.39, 0.29) is 0 Å². The van der Waals surface area contributed by atoms with Gasteiger partial charge in [-0.1, -0.05) is 24.6 Å². The number of nitrogens with one attached hydrogen (secondary N) is 1. The van der Waals surface area contributed by atoms with Crippen molar-refractivity contribution in [3.63, 3.8) is 0 Å². The van der Waals surface area contributed by atoms with Crippen LogP contribution in [0.3, 0.4) is 0 Å². The Balaban J connectivity index is 1.59. The van der Waals surface area contributed by atoms with E-state index in [2.05, 4.69) is 15.3 Å². The molecule has 2 fully saturated rings. The van der Waals surface area contributed by atoms with Crippen LogP contribution in [-0.4, -0.2) is 38.9 Å². The van der Waals surface area contributed by atoms with Gasteiger partial charge in [0.2, 0.25) is 5.91 Å². The minimum absolute atomic E-state index is 0.407. The molecule has 1 aliphatic heterocycles. The number of urea groups is 1. The largest absolute Gasteiger partial charge is 0.368 e.